The van der Waals surface area contributed by atoms with E-state index in [0.29, 0.717) is 6.04 Å². The Balaban J connectivity index is 2.32. The van der Waals surface area contributed by atoms with Crippen molar-refractivity contribution in [1.82, 2.24) is 9.88 Å². The van der Waals surface area contributed by atoms with Crippen molar-refractivity contribution in [3.8, 4) is 0 Å². The smallest absolute Gasteiger partial charge is 0.0645 e. The van der Waals surface area contributed by atoms with Gasteiger partial charge in [-0.05, 0) is 37.4 Å². The van der Waals surface area contributed by atoms with Gasteiger partial charge in [0.05, 0.1) is 6.61 Å². The Morgan fingerprint density at radius 3 is 2.76 bits per heavy atom. The van der Waals surface area contributed by atoms with Crippen LogP contribution in [0.2, 0.25) is 0 Å². The Morgan fingerprint density at radius 2 is 2.05 bits per heavy atom. The second-order valence-corrected chi connectivity index (χ2v) is 5.44. The van der Waals surface area contributed by atoms with E-state index in [4.69, 9.17) is 9.47 Å². The van der Waals surface area contributed by atoms with E-state index in [1.54, 1.807) is 7.11 Å². The fourth-order valence-electron chi connectivity index (χ4n) is 2.38. The van der Waals surface area contributed by atoms with Crippen molar-refractivity contribution in [1.29, 1.82) is 0 Å². The van der Waals surface area contributed by atoms with Crippen LogP contribution in [-0.4, -0.2) is 38.0 Å². The number of methoxy groups -OCH3 is 1. The first-order valence-electron chi connectivity index (χ1n) is 8.27. The Bertz CT molecular complexity index is 352. The molecule has 0 aliphatic rings. The van der Waals surface area contributed by atoms with E-state index in [9.17, 15) is 0 Å². The molecule has 1 aromatic rings. The quantitative estimate of drug-likeness (QED) is 0.567. The van der Waals surface area contributed by atoms with Gasteiger partial charge in [0.15, 0.2) is 0 Å². The molecule has 21 heavy (non-hydrogen) atoms. The third-order valence-electron chi connectivity index (χ3n) is 3.52. The molecule has 0 saturated heterocycles. The van der Waals surface area contributed by atoms with Gasteiger partial charge in [-0.1, -0.05) is 20.3 Å². The Labute approximate surface area is 129 Å². The molecule has 1 heterocycles. The normalized spacial score (nSPS) is 12.7. The van der Waals surface area contributed by atoms with Gasteiger partial charge in [-0.25, -0.2) is 0 Å². The molecule has 1 N–H and O–H groups in total. The van der Waals surface area contributed by atoms with E-state index >= 15 is 0 Å². The molecule has 0 aliphatic heterocycles. The molecule has 0 saturated carbocycles. The maximum Gasteiger partial charge on any atom is 0.0645 e. The molecule has 0 amide bonds. The van der Waals surface area contributed by atoms with E-state index in [-0.39, 0.29) is 0 Å². The Kier molecular flexibility index (Phi) is 10.2. The lowest BCUT2D eigenvalue weighted by molar-refractivity contribution is 0.0977. The van der Waals surface area contributed by atoms with Crippen molar-refractivity contribution in [2.75, 3.05) is 33.5 Å². The number of ether oxygens (including phenoxy) is 2. The van der Waals surface area contributed by atoms with Crippen molar-refractivity contribution in [3.05, 3.63) is 24.0 Å². The van der Waals surface area contributed by atoms with Crippen LogP contribution in [0.5, 0.6) is 0 Å². The van der Waals surface area contributed by atoms with Gasteiger partial charge in [0, 0.05) is 45.3 Å². The molecule has 0 spiro atoms. The third-order valence-corrected chi connectivity index (χ3v) is 3.52. The summed E-state index contributed by atoms with van der Waals surface area (Å²) in [5.74, 6) is 0. The first-order valence-corrected chi connectivity index (χ1v) is 8.27. The molecule has 0 aliphatic carbocycles. The number of hydrogen-bond acceptors (Lipinski definition) is 3. The predicted octanol–water partition coefficient (Wildman–Crippen LogP) is 3.38. The maximum atomic E-state index is 5.61. The second-order valence-electron chi connectivity index (χ2n) is 5.44. The minimum absolute atomic E-state index is 0.485. The first kappa shape index (κ1) is 18.2. The van der Waals surface area contributed by atoms with E-state index < -0.39 is 0 Å². The fraction of sp³-hybridized carbons (Fsp3) is 0.765. The van der Waals surface area contributed by atoms with Crippen molar-refractivity contribution in [2.24, 2.45) is 0 Å². The number of hydrogen-bond donors (Lipinski definition) is 1. The molecule has 0 bridgehead atoms. The summed E-state index contributed by atoms with van der Waals surface area (Å²) in [4.78, 5) is 0. The van der Waals surface area contributed by atoms with Gasteiger partial charge < -0.3 is 19.4 Å². The molecular weight excluding hydrogens is 264 g/mol. The minimum atomic E-state index is 0.485. The van der Waals surface area contributed by atoms with Crippen LogP contribution in [0.15, 0.2) is 18.5 Å². The van der Waals surface area contributed by atoms with Crippen LogP contribution in [-0.2, 0) is 16.0 Å². The van der Waals surface area contributed by atoms with Gasteiger partial charge in [-0.2, -0.15) is 0 Å². The highest BCUT2D eigenvalue weighted by molar-refractivity contribution is 5.15. The third kappa shape index (κ3) is 7.65. The van der Waals surface area contributed by atoms with Crippen molar-refractivity contribution >= 4 is 0 Å². The molecule has 122 valence electrons. The van der Waals surface area contributed by atoms with Crippen molar-refractivity contribution in [3.63, 3.8) is 0 Å². The van der Waals surface area contributed by atoms with Crippen LogP contribution in [0.25, 0.3) is 0 Å². The van der Waals surface area contributed by atoms with E-state index in [2.05, 4.69) is 42.2 Å². The lowest BCUT2D eigenvalue weighted by atomic mass is 10.1. The van der Waals surface area contributed by atoms with Gasteiger partial charge >= 0.3 is 0 Å². The van der Waals surface area contributed by atoms with Gasteiger partial charge in [-0.15, -0.1) is 0 Å². The van der Waals surface area contributed by atoms with Crippen molar-refractivity contribution in [2.45, 2.75) is 52.1 Å². The molecule has 1 rings (SSSR count). The van der Waals surface area contributed by atoms with E-state index in [1.165, 1.54) is 24.8 Å². The molecule has 4 heteroatoms. The maximum absolute atomic E-state index is 5.61. The average molecular weight is 296 g/mol. The lowest BCUT2D eigenvalue weighted by Gasteiger charge is -2.16. The zero-order chi connectivity index (χ0) is 15.3. The van der Waals surface area contributed by atoms with Crippen molar-refractivity contribution < 1.29 is 9.47 Å². The second kappa shape index (κ2) is 11.8. The monoisotopic (exact) mass is 296 g/mol. The summed E-state index contributed by atoms with van der Waals surface area (Å²) in [7, 11) is 1.72. The molecule has 1 aromatic heterocycles. The summed E-state index contributed by atoms with van der Waals surface area (Å²) in [6.07, 6.45) is 8.95. The van der Waals surface area contributed by atoms with E-state index in [0.717, 1.165) is 39.3 Å². The van der Waals surface area contributed by atoms with Gasteiger partial charge in [-0.3, -0.25) is 0 Å². The summed E-state index contributed by atoms with van der Waals surface area (Å²) >= 11 is 0. The first-order chi connectivity index (χ1) is 10.3. The predicted molar refractivity (Wildman–Crippen MR) is 87.7 cm³/mol. The fourth-order valence-corrected chi connectivity index (χ4v) is 2.38. The van der Waals surface area contributed by atoms with Gasteiger partial charge in [0.25, 0.3) is 0 Å². The minimum Gasteiger partial charge on any atom is -0.385 e. The standard InChI is InChI=1S/C17H32N2O2/c1-4-7-17(18-9-5-2)16-8-10-19(15-16)11-14-21-13-6-12-20-3/h8,10,15,17-18H,4-7,9,11-14H2,1-3H3. The summed E-state index contributed by atoms with van der Waals surface area (Å²) in [6.45, 7) is 8.76. The molecule has 1 unspecified atom stereocenters. The van der Waals surface area contributed by atoms with Gasteiger partial charge in [0.1, 0.15) is 0 Å². The largest absolute Gasteiger partial charge is 0.385 e. The topological polar surface area (TPSA) is 35.4 Å². The SMILES string of the molecule is CCCNC(CCC)c1ccn(CCOCCCOC)c1. The highest BCUT2D eigenvalue weighted by Gasteiger charge is 2.10. The average Bonchev–Trinajstić information content (AvgIpc) is 2.96. The Morgan fingerprint density at radius 1 is 1.19 bits per heavy atom. The van der Waals surface area contributed by atoms with Crippen LogP contribution >= 0.6 is 0 Å². The number of aromatic nitrogens is 1. The van der Waals surface area contributed by atoms with Crippen LogP contribution in [0.4, 0.5) is 0 Å². The Hall–Kier alpha value is -0.840. The molecule has 0 radical (unpaired) electrons. The van der Waals surface area contributed by atoms with Crippen LogP contribution in [0.1, 0.15) is 51.1 Å². The summed E-state index contributed by atoms with van der Waals surface area (Å²) in [5, 5.41) is 3.63. The number of nitrogens with zero attached hydrogens (tertiary/aromatic N) is 1. The molecule has 1 atom stereocenters. The molecular formula is C17H32N2O2. The summed E-state index contributed by atoms with van der Waals surface area (Å²) < 4.78 is 12.8. The molecule has 4 nitrogen and oxygen atoms in total. The zero-order valence-electron chi connectivity index (χ0n) is 13.9. The highest BCUT2D eigenvalue weighted by Crippen LogP contribution is 2.18. The summed E-state index contributed by atoms with van der Waals surface area (Å²) in [6, 6.07) is 2.72. The number of rotatable bonds is 13. The number of nitrogens with one attached hydrogen (secondary N) is 1. The lowest BCUT2D eigenvalue weighted by Crippen LogP contribution is -2.21. The summed E-state index contributed by atoms with van der Waals surface area (Å²) in [5.41, 5.74) is 1.39. The van der Waals surface area contributed by atoms with E-state index in [1.807, 2.05) is 0 Å². The van der Waals surface area contributed by atoms with Gasteiger partial charge in [0.2, 0.25) is 0 Å². The van der Waals surface area contributed by atoms with Crippen LogP contribution < -0.4 is 5.32 Å². The molecule has 0 fully saturated rings. The van der Waals surface area contributed by atoms with Crippen LogP contribution in [0.3, 0.4) is 0 Å². The zero-order valence-corrected chi connectivity index (χ0v) is 13.9. The molecule has 0 aromatic carbocycles. The van der Waals surface area contributed by atoms with Crippen LogP contribution in [0, 0.1) is 0 Å². The highest BCUT2D eigenvalue weighted by atomic mass is 16.5.